The molecule has 0 spiro atoms. The van der Waals surface area contributed by atoms with Crippen molar-refractivity contribution >= 4 is 55.6 Å². The van der Waals surface area contributed by atoms with Crippen molar-refractivity contribution in [2.24, 2.45) is 0 Å². The lowest BCUT2D eigenvalue weighted by atomic mass is 9.90. The molecule has 0 amide bonds. The van der Waals surface area contributed by atoms with Crippen LogP contribution in [0.5, 0.6) is 0 Å². The van der Waals surface area contributed by atoms with Crippen LogP contribution in [-0.2, 0) is 11.5 Å². The monoisotopic (exact) mass is 544 g/mol. The van der Waals surface area contributed by atoms with E-state index in [1.165, 1.54) is 44.5 Å². The van der Waals surface area contributed by atoms with Crippen molar-refractivity contribution < 1.29 is 8.83 Å². The maximum absolute atomic E-state index is 6.21. The van der Waals surface area contributed by atoms with Crippen LogP contribution in [0.2, 0.25) is 0 Å². The summed E-state index contributed by atoms with van der Waals surface area (Å²) in [6.45, 7) is 0. The van der Waals surface area contributed by atoms with E-state index in [4.69, 9.17) is 8.83 Å². The van der Waals surface area contributed by atoms with Crippen LogP contribution >= 0.6 is 11.8 Å². The lowest BCUT2D eigenvalue weighted by Crippen LogP contribution is -1.91. The Morgan fingerprint density at radius 3 is 1.59 bits per heavy atom. The number of benzene rings is 6. The summed E-state index contributed by atoms with van der Waals surface area (Å²) in [7, 11) is 0. The van der Waals surface area contributed by atoms with Gasteiger partial charge in [0.25, 0.3) is 0 Å². The van der Waals surface area contributed by atoms with E-state index in [9.17, 15) is 0 Å². The van der Waals surface area contributed by atoms with Crippen LogP contribution in [0.4, 0.5) is 0 Å². The van der Waals surface area contributed by atoms with E-state index in [0.717, 1.165) is 55.4 Å². The summed E-state index contributed by atoms with van der Waals surface area (Å²) >= 11 is 1.99. The molecule has 0 radical (unpaired) electrons. The zero-order chi connectivity index (χ0) is 26.9. The van der Waals surface area contributed by atoms with E-state index < -0.39 is 0 Å². The molecule has 2 aromatic heterocycles. The standard InChI is InChI=1S/C38H24O2S/c1-3-7-35-29(5-1)31-15-13-26(20-38(31)40-35)24-10-12-28-22-41-21-27-11-9-23(17-32(27)33(28)18-24)25-14-16-37-34(19-25)30-6-2-4-8-36(30)39-37/h1-20H,21-22H2. The van der Waals surface area contributed by atoms with Crippen molar-refractivity contribution in [1.82, 2.24) is 0 Å². The lowest BCUT2D eigenvalue weighted by molar-refractivity contribution is 0.668. The van der Waals surface area contributed by atoms with E-state index in [1.807, 2.05) is 36.0 Å². The van der Waals surface area contributed by atoms with E-state index in [2.05, 4.69) is 97.1 Å². The number of fused-ring (bicyclic) bond motifs is 9. The van der Waals surface area contributed by atoms with Crippen LogP contribution in [-0.4, -0.2) is 0 Å². The van der Waals surface area contributed by atoms with E-state index in [0.29, 0.717) is 0 Å². The molecule has 1 aliphatic rings. The number of thioether (sulfide) groups is 1. The first-order valence-corrected chi connectivity index (χ1v) is 15.1. The van der Waals surface area contributed by atoms with Gasteiger partial charge in [0.05, 0.1) is 0 Å². The number of hydrogen-bond donors (Lipinski definition) is 0. The largest absolute Gasteiger partial charge is 0.456 e. The summed E-state index contributed by atoms with van der Waals surface area (Å²) in [5, 5.41) is 4.64. The maximum atomic E-state index is 6.21. The van der Waals surface area contributed by atoms with Crippen molar-refractivity contribution in [2.45, 2.75) is 11.5 Å². The summed E-state index contributed by atoms with van der Waals surface area (Å²) < 4.78 is 12.3. The fourth-order valence-corrected chi connectivity index (χ4v) is 7.39. The molecule has 3 heteroatoms. The van der Waals surface area contributed by atoms with Crippen LogP contribution in [0.1, 0.15) is 11.1 Å². The van der Waals surface area contributed by atoms with Gasteiger partial charge in [-0.05, 0) is 93.0 Å². The lowest BCUT2D eigenvalue weighted by Gasteiger charge is -2.14. The van der Waals surface area contributed by atoms with Crippen molar-refractivity contribution in [1.29, 1.82) is 0 Å². The number of rotatable bonds is 2. The molecule has 194 valence electrons. The summed E-state index contributed by atoms with van der Waals surface area (Å²) in [4.78, 5) is 0. The highest BCUT2D eigenvalue weighted by molar-refractivity contribution is 7.97. The molecule has 3 heterocycles. The molecule has 2 nitrogen and oxygen atoms in total. The van der Waals surface area contributed by atoms with Crippen LogP contribution in [0, 0.1) is 0 Å². The van der Waals surface area contributed by atoms with Crippen LogP contribution in [0.3, 0.4) is 0 Å². The zero-order valence-corrected chi connectivity index (χ0v) is 23.0. The van der Waals surface area contributed by atoms with Gasteiger partial charge in [-0.25, -0.2) is 0 Å². The molecule has 0 unspecified atom stereocenters. The van der Waals surface area contributed by atoms with E-state index in [1.54, 1.807) is 0 Å². The molecule has 41 heavy (non-hydrogen) atoms. The first-order chi connectivity index (χ1) is 20.3. The SMILES string of the molecule is c1ccc2c(c1)oc1cc(-c3ccc4c(c3)-c3cc(-c5ccc6oc7ccccc7c6c5)ccc3CSC4)ccc12. The molecule has 0 atom stereocenters. The van der Waals surface area contributed by atoms with Gasteiger partial charge in [-0.2, -0.15) is 11.8 Å². The Morgan fingerprint density at radius 1 is 0.390 bits per heavy atom. The fourth-order valence-electron chi connectivity index (χ4n) is 6.35. The molecule has 0 aliphatic carbocycles. The molecule has 8 aromatic rings. The molecule has 0 N–H and O–H groups in total. The van der Waals surface area contributed by atoms with Crippen molar-refractivity contribution in [3.05, 3.63) is 132 Å². The Bertz CT molecular complexity index is 2300. The van der Waals surface area contributed by atoms with Gasteiger partial charge in [-0.1, -0.05) is 72.8 Å². The van der Waals surface area contributed by atoms with Crippen molar-refractivity contribution in [3.63, 3.8) is 0 Å². The molecule has 6 aromatic carbocycles. The molecule has 0 saturated heterocycles. The minimum Gasteiger partial charge on any atom is -0.456 e. The van der Waals surface area contributed by atoms with Crippen LogP contribution in [0.25, 0.3) is 77.3 Å². The second-order valence-corrected chi connectivity index (χ2v) is 11.8. The second-order valence-electron chi connectivity index (χ2n) is 10.9. The molecule has 0 bridgehead atoms. The Hall–Kier alpha value is -4.73. The van der Waals surface area contributed by atoms with Gasteiger partial charge in [0.1, 0.15) is 22.3 Å². The van der Waals surface area contributed by atoms with Gasteiger partial charge in [0, 0.05) is 33.1 Å². The normalized spacial score (nSPS) is 13.1. The topological polar surface area (TPSA) is 26.3 Å². The third kappa shape index (κ3) is 3.66. The average Bonchev–Trinajstić information content (AvgIpc) is 3.52. The average molecular weight is 545 g/mol. The maximum Gasteiger partial charge on any atom is 0.136 e. The van der Waals surface area contributed by atoms with E-state index >= 15 is 0 Å². The smallest absolute Gasteiger partial charge is 0.136 e. The summed E-state index contributed by atoms with van der Waals surface area (Å²) in [5.74, 6) is 2.02. The second kappa shape index (κ2) is 8.89. The zero-order valence-electron chi connectivity index (χ0n) is 22.2. The Morgan fingerprint density at radius 2 is 0.878 bits per heavy atom. The Balaban J connectivity index is 1.17. The minimum atomic E-state index is 0.928. The summed E-state index contributed by atoms with van der Waals surface area (Å²) in [5.41, 5.74) is 14.0. The Kier molecular flexibility index (Phi) is 4.99. The third-order valence-corrected chi connectivity index (χ3v) is 9.48. The van der Waals surface area contributed by atoms with E-state index in [-0.39, 0.29) is 0 Å². The predicted molar refractivity (Wildman–Crippen MR) is 172 cm³/mol. The Labute approximate surface area is 241 Å². The number of para-hydroxylation sites is 2. The predicted octanol–water partition coefficient (Wildman–Crippen LogP) is 11.2. The highest BCUT2D eigenvalue weighted by Crippen LogP contribution is 2.42. The first kappa shape index (κ1) is 23.0. The first-order valence-electron chi connectivity index (χ1n) is 14.0. The number of hydrogen-bond acceptors (Lipinski definition) is 3. The van der Waals surface area contributed by atoms with Crippen LogP contribution in [0.15, 0.2) is 130 Å². The van der Waals surface area contributed by atoms with Crippen LogP contribution < -0.4 is 0 Å². The molecule has 9 rings (SSSR count). The molecule has 0 fully saturated rings. The highest BCUT2D eigenvalue weighted by atomic mass is 32.2. The molecular formula is C38H24O2S. The van der Waals surface area contributed by atoms with Gasteiger partial charge in [0.2, 0.25) is 0 Å². The highest BCUT2D eigenvalue weighted by Gasteiger charge is 2.18. The van der Waals surface area contributed by atoms with Gasteiger partial charge in [-0.15, -0.1) is 0 Å². The summed E-state index contributed by atoms with van der Waals surface area (Å²) in [6.07, 6.45) is 0. The van der Waals surface area contributed by atoms with Gasteiger partial charge < -0.3 is 8.83 Å². The quantitative estimate of drug-likeness (QED) is 0.216. The van der Waals surface area contributed by atoms with Crippen molar-refractivity contribution in [2.75, 3.05) is 0 Å². The van der Waals surface area contributed by atoms with Gasteiger partial charge in [0.15, 0.2) is 0 Å². The molecule has 1 aliphatic heterocycles. The minimum absolute atomic E-state index is 0.928. The number of furan rings is 2. The van der Waals surface area contributed by atoms with Crippen molar-refractivity contribution in [3.8, 4) is 33.4 Å². The molecular weight excluding hydrogens is 520 g/mol. The van der Waals surface area contributed by atoms with Gasteiger partial charge >= 0.3 is 0 Å². The molecule has 0 saturated carbocycles. The van der Waals surface area contributed by atoms with Gasteiger partial charge in [-0.3, -0.25) is 0 Å². The fraction of sp³-hybridized carbons (Fsp3) is 0.0526. The summed E-state index contributed by atoms with van der Waals surface area (Å²) in [6, 6.07) is 43.6. The third-order valence-electron chi connectivity index (χ3n) is 8.45.